The van der Waals surface area contributed by atoms with Gasteiger partial charge in [0.25, 0.3) is 11.6 Å². The second-order valence-corrected chi connectivity index (χ2v) is 6.12. The summed E-state index contributed by atoms with van der Waals surface area (Å²) in [5.41, 5.74) is 0.804. The molecule has 0 saturated carbocycles. The maximum absolute atomic E-state index is 12.5. The van der Waals surface area contributed by atoms with Crippen molar-refractivity contribution < 1.29 is 14.5 Å². The summed E-state index contributed by atoms with van der Waals surface area (Å²) in [4.78, 5) is 36.7. The lowest BCUT2D eigenvalue weighted by Crippen LogP contribution is -2.43. The molecule has 0 aliphatic carbocycles. The number of carbonyl (C=O) groups excluding carboxylic acids is 2. The minimum Gasteiger partial charge on any atom is -0.356 e. The number of nitrogens with zero attached hydrogens (tertiary/aromatic N) is 2. The minimum atomic E-state index is -0.476. The second-order valence-electron chi connectivity index (χ2n) is 6.12. The van der Waals surface area contributed by atoms with Crippen LogP contribution < -0.4 is 5.32 Å². The second kappa shape index (κ2) is 7.90. The number of piperidine rings is 1. The highest BCUT2D eigenvalue weighted by Crippen LogP contribution is 2.23. The zero-order valence-corrected chi connectivity index (χ0v) is 14.1. The molecule has 0 bridgehead atoms. The summed E-state index contributed by atoms with van der Waals surface area (Å²) in [6, 6.07) is 4.54. The van der Waals surface area contributed by atoms with Gasteiger partial charge in [-0.2, -0.15) is 0 Å². The van der Waals surface area contributed by atoms with E-state index in [1.807, 2.05) is 6.92 Å². The molecule has 1 N–H and O–H groups in total. The highest BCUT2D eigenvalue weighted by molar-refractivity contribution is 5.95. The quantitative estimate of drug-likeness (QED) is 0.661. The molecule has 1 aromatic carbocycles. The maximum atomic E-state index is 12.5. The van der Waals surface area contributed by atoms with E-state index < -0.39 is 4.92 Å². The van der Waals surface area contributed by atoms with Gasteiger partial charge in [-0.1, -0.05) is 13.0 Å². The number of aryl methyl sites for hydroxylation is 1. The summed E-state index contributed by atoms with van der Waals surface area (Å²) < 4.78 is 0. The number of nitro benzene ring substituents is 1. The Bertz CT molecular complexity index is 637. The Balaban J connectivity index is 1.99. The van der Waals surface area contributed by atoms with Gasteiger partial charge >= 0.3 is 0 Å². The fraction of sp³-hybridized carbons (Fsp3) is 0.529. The third kappa shape index (κ3) is 4.10. The first-order chi connectivity index (χ1) is 11.4. The fourth-order valence-electron chi connectivity index (χ4n) is 2.86. The molecular weight excluding hydrogens is 310 g/mol. The van der Waals surface area contributed by atoms with Crippen LogP contribution in [0.3, 0.4) is 0 Å². The Labute approximate surface area is 141 Å². The van der Waals surface area contributed by atoms with Crippen LogP contribution in [0.15, 0.2) is 18.2 Å². The number of amides is 2. The minimum absolute atomic E-state index is 0.0466. The van der Waals surface area contributed by atoms with Crippen LogP contribution in [0.4, 0.5) is 5.69 Å². The van der Waals surface area contributed by atoms with Crippen LogP contribution in [-0.2, 0) is 4.79 Å². The highest BCUT2D eigenvalue weighted by atomic mass is 16.6. The summed E-state index contributed by atoms with van der Waals surface area (Å²) in [5, 5.41) is 13.9. The van der Waals surface area contributed by atoms with E-state index in [1.165, 1.54) is 6.07 Å². The number of carbonyl (C=O) groups is 2. The molecule has 1 aliphatic rings. The predicted molar refractivity (Wildman–Crippen MR) is 89.8 cm³/mol. The van der Waals surface area contributed by atoms with Crippen molar-refractivity contribution in [2.45, 2.75) is 33.1 Å². The van der Waals surface area contributed by atoms with Crippen LogP contribution in [0.1, 0.15) is 42.1 Å². The molecule has 1 heterocycles. The van der Waals surface area contributed by atoms with E-state index in [1.54, 1.807) is 24.0 Å². The third-order valence-corrected chi connectivity index (χ3v) is 4.35. The summed E-state index contributed by atoms with van der Waals surface area (Å²) >= 11 is 0. The largest absolute Gasteiger partial charge is 0.356 e. The molecule has 0 radical (unpaired) electrons. The Morgan fingerprint density at radius 2 is 2.00 bits per heavy atom. The number of nitro groups is 1. The van der Waals surface area contributed by atoms with E-state index in [2.05, 4.69) is 5.32 Å². The summed E-state index contributed by atoms with van der Waals surface area (Å²) in [6.07, 6.45) is 2.14. The van der Waals surface area contributed by atoms with Crippen LogP contribution in [-0.4, -0.2) is 41.3 Å². The molecule has 7 nitrogen and oxygen atoms in total. The van der Waals surface area contributed by atoms with Gasteiger partial charge in [-0.15, -0.1) is 0 Å². The lowest BCUT2D eigenvalue weighted by molar-refractivity contribution is -0.385. The van der Waals surface area contributed by atoms with Gasteiger partial charge in [-0.3, -0.25) is 19.7 Å². The van der Waals surface area contributed by atoms with Crippen molar-refractivity contribution in [1.82, 2.24) is 10.2 Å². The number of hydrogen-bond acceptors (Lipinski definition) is 4. The first-order valence-electron chi connectivity index (χ1n) is 8.26. The predicted octanol–water partition coefficient (Wildman–Crippen LogP) is 2.28. The van der Waals surface area contributed by atoms with Crippen molar-refractivity contribution in [1.29, 1.82) is 0 Å². The van der Waals surface area contributed by atoms with E-state index in [0.717, 1.165) is 6.42 Å². The van der Waals surface area contributed by atoms with Crippen LogP contribution in [0.25, 0.3) is 0 Å². The molecule has 2 amide bonds. The molecule has 2 rings (SSSR count). The Morgan fingerprint density at radius 3 is 2.58 bits per heavy atom. The summed E-state index contributed by atoms with van der Waals surface area (Å²) in [5.74, 6) is -0.228. The van der Waals surface area contributed by atoms with Gasteiger partial charge in [0.15, 0.2) is 0 Å². The lowest BCUT2D eigenvalue weighted by atomic mass is 9.95. The average Bonchev–Trinajstić information content (AvgIpc) is 2.59. The van der Waals surface area contributed by atoms with E-state index in [9.17, 15) is 19.7 Å². The van der Waals surface area contributed by atoms with Crippen molar-refractivity contribution in [3.63, 3.8) is 0 Å². The number of benzene rings is 1. The Morgan fingerprint density at radius 1 is 1.33 bits per heavy atom. The molecule has 0 spiro atoms. The molecule has 1 fully saturated rings. The molecule has 0 aromatic heterocycles. The van der Waals surface area contributed by atoms with E-state index in [0.29, 0.717) is 43.6 Å². The molecular formula is C17H23N3O4. The average molecular weight is 333 g/mol. The van der Waals surface area contributed by atoms with Gasteiger partial charge in [0.05, 0.1) is 4.92 Å². The standard InChI is InChI=1S/C17H23N3O4/c1-3-8-18-16(21)13-6-9-19(10-7-13)17(22)14-5-4-12(2)15(11-14)20(23)24/h4-5,11,13H,3,6-10H2,1-2H3,(H,18,21). The van der Waals surface area contributed by atoms with Crippen molar-refractivity contribution in [2.24, 2.45) is 5.92 Å². The van der Waals surface area contributed by atoms with Gasteiger partial charge in [-0.05, 0) is 32.3 Å². The van der Waals surface area contributed by atoms with E-state index >= 15 is 0 Å². The van der Waals surface area contributed by atoms with Crippen molar-refractivity contribution in [3.05, 3.63) is 39.4 Å². The zero-order chi connectivity index (χ0) is 17.7. The van der Waals surface area contributed by atoms with Gasteiger partial charge < -0.3 is 10.2 Å². The molecule has 24 heavy (non-hydrogen) atoms. The summed E-state index contributed by atoms with van der Waals surface area (Å²) in [6.45, 7) is 5.30. The number of hydrogen-bond donors (Lipinski definition) is 1. The van der Waals surface area contributed by atoms with Crippen LogP contribution >= 0.6 is 0 Å². The Hall–Kier alpha value is -2.44. The lowest BCUT2D eigenvalue weighted by Gasteiger charge is -2.31. The normalized spacial score (nSPS) is 15.2. The number of likely N-dealkylation sites (tertiary alicyclic amines) is 1. The summed E-state index contributed by atoms with van der Waals surface area (Å²) in [7, 11) is 0. The van der Waals surface area contributed by atoms with E-state index in [-0.39, 0.29) is 23.4 Å². The molecule has 0 unspecified atom stereocenters. The van der Waals surface area contributed by atoms with Gasteiger partial charge in [0.1, 0.15) is 0 Å². The zero-order valence-electron chi connectivity index (χ0n) is 14.1. The molecule has 0 atom stereocenters. The third-order valence-electron chi connectivity index (χ3n) is 4.35. The van der Waals surface area contributed by atoms with Crippen molar-refractivity contribution in [2.75, 3.05) is 19.6 Å². The maximum Gasteiger partial charge on any atom is 0.273 e. The molecule has 7 heteroatoms. The fourth-order valence-corrected chi connectivity index (χ4v) is 2.86. The van der Waals surface area contributed by atoms with Gasteiger partial charge in [-0.25, -0.2) is 0 Å². The molecule has 1 aromatic rings. The van der Waals surface area contributed by atoms with Gasteiger partial charge in [0, 0.05) is 42.7 Å². The molecule has 1 saturated heterocycles. The molecule has 130 valence electrons. The Kier molecular flexibility index (Phi) is 5.89. The van der Waals surface area contributed by atoms with E-state index in [4.69, 9.17) is 0 Å². The topological polar surface area (TPSA) is 92.6 Å². The highest BCUT2D eigenvalue weighted by Gasteiger charge is 2.28. The smallest absolute Gasteiger partial charge is 0.273 e. The van der Waals surface area contributed by atoms with Crippen LogP contribution in [0.5, 0.6) is 0 Å². The number of rotatable bonds is 5. The first kappa shape index (κ1) is 17.9. The first-order valence-corrected chi connectivity index (χ1v) is 8.26. The van der Waals surface area contributed by atoms with Crippen molar-refractivity contribution in [3.8, 4) is 0 Å². The van der Waals surface area contributed by atoms with Crippen LogP contribution in [0.2, 0.25) is 0 Å². The van der Waals surface area contributed by atoms with Crippen LogP contribution in [0, 0.1) is 23.0 Å². The van der Waals surface area contributed by atoms with Crippen molar-refractivity contribution >= 4 is 17.5 Å². The monoisotopic (exact) mass is 333 g/mol. The SMILES string of the molecule is CCCNC(=O)C1CCN(C(=O)c2ccc(C)c([N+](=O)[O-])c2)CC1. The van der Waals surface area contributed by atoms with Gasteiger partial charge in [0.2, 0.25) is 5.91 Å². The number of nitrogens with one attached hydrogen (secondary N) is 1. The molecule has 1 aliphatic heterocycles.